The van der Waals surface area contributed by atoms with Crippen molar-refractivity contribution in [3.8, 4) is 0 Å². The van der Waals surface area contributed by atoms with Crippen molar-refractivity contribution in [2.75, 3.05) is 6.16 Å². The molecule has 20 heavy (non-hydrogen) atoms. The van der Waals surface area contributed by atoms with Crippen LogP contribution in [0.15, 0.2) is 35.5 Å². The topological polar surface area (TPSA) is 69.9 Å². The van der Waals surface area contributed by atoms with Gasteiger partial charge in [-0.2, -0.15) is 0 Å². The molecule has 0 spiro atoms. The zero-order valence-electron chi connectivity index (χ0n) is 12.0. The molecule has 0 radical (unpaired) electrons. The van der Waals surface area contributed by atoms with Crippen molar-refractivity contribution in [2.24, 2.45) is 5.16 Å². The third kappa shape index (κ3) is 5.48. The summed E-state index contributed by atoms with van der Waals surface area (Å²) in [7, 11) is -3.30. The lowest BCUT2D eigenvalue weighted by Gasteiger charge is -2.22. The molecule has 0 saturated heterocycles. The summed E-state index contributed by atoms with van der Waals surface area (Å²) in [4.78, 5) is 10.4. The third-order valence-electron chi connectivity index (χ3n) is 3.41. The molecule has 2 atom stereocenters. The van der Waals surface area contributed by atoms with Crippen LogP contribution in [-0.2, 0) is 4.57 Å². The van der Waals surface area contributed by atoms with Crippen LogP contribution < -0.4 is 0 Å². The predicted molar refractivity (Wildman–Crippen MR) is 82.9 cm³/mol. The molecule has 1 aromatic rings. The number of benzene rings is 1. The second-order valence-electron chi connectivity index (χ2n) is 5.00. The van der Waals surface area contributed by atoms with Crippen LogP contribution in [0.2, 0.25) is 0 Å². The summed E-state index contributed by atoms with van der Waals surface area (Å²) in [5, 5.41) is 11.5. The molecule has 0 saturated carbocycles. The average Bonchev–Trinajstić information content (AvgIpc) is 2.45. The van der Waals surface area contributed by atoms with Gasteiger partial charge in [-0.05, 0) is 12.0 Å². The fourth-order valence-electron chi connectivity index (χ4n) is 2.28. The van der Waals surface area contributed by atoms with Crippen molar-refractivity contribution >= 4 is 13.6 Å². The highest BCUT2D eigenvalue weighted by Crippen LogP contribution is 2.57. The van der Waals surface area contributed by atoms with Crippen LogP contribution >= 0.6 is 7.37 Å². The summed E-state index contributed by atoms with van der Waals surface area (Å²) in [6.07, 6.45) is 5.85. The highest BCUT2D eigenvalue weighted by Gasteiger charge is 2.30. The van der Waals surface area contributed by atoms with Crippen LogP contribution in [0.5, 0.6) is 0 Å². The van der Waals surface area contributed by atoms with Crippen molar-refractivity contribution in [1.82, 2.24) is 0 Å². The molecule has 1 rings (SSSR count). The standard InChI is InChI=1S/C15H24NO3P/c1-2-3-4-8-13-20(18,19)15(11-12-16-17)14-9-6-5-7-10-14/h5-7,9-10,12,15,17H,2-4,8,11,13H2,1H3,(H,18,19). The molecule has 0 amide bonds. The largest absolute Gasteiger partial charge is 0.411 e. The van der Waals surface area contributed by atoms with Gasteiger partial charge < -0.3 is 10.1 Å². The molecule has 0 aromatic heterocycles. The summed E-state index contributed by atoms with van der Waals surface area (Å²) in [6, 6.07) is 9.30. The van der Waals surface area contributed by atoms with Crippen LogP contribution in [-0.4, -0.2) is 22.5 Å². The molecule has 2 N–H and O–H groups in total. The van der Waals surface area contributed by atoms with E-state index in [1.165, 1.54) is 6.21 Å². The minimum Gasteiger partial charge on any atom is -0.411 e. The monoisotopic (exact) mass is 297 g/mol. The van der Waals surface area contributed by atoms with Crippen LogP contribution in [0.1, 0.15) is 50.3 Å². The van der Waals surface area contributed by atoms with E-state index in [0.29, 0.717) is 6.16 Å². The number of unbranched alkanes of at least 4 members (excludes halogenated alkanes) is 3. The maximum Gasteiger partial charge on any atom is 0.208 e. The van der Waals surface area contributed by atoms with E-state index in [0.717, 1.165) is 31.2 Å². The first-order valence-electron chi connectivity index (χ1n) is 7.14. The summed E-state index contributed by atoms with van der Waals surface area (Å²) in [6.45, 7) is 2.11. The Balaban J connectivity index is 2.78. The summed E-state index contributed by atoms with van der Waals surface area (Å²) >= 11 is 0. The molecule has 0 fully saturated rings. The lowest BCUT2D eigenvalue weighted by molar-refractivity contribution is 0.320. The molecular weight excluding hydrogens is 273 g/mol. The van der Waals surface area contributed by atoms with E-state index in [2.05, 4.69) is 12.1 Å². The van der Waals surface area contributed by atoms with Gasteiger partial charge in [0.15, 0.2) is 0 Å². The molecule has 5 heteroatoms. The third-order valence-corrected chi connectivity index (χ3v) is 5.85. The lowest BCUT2D eigenvalue weighted by Crippen LogP contribution is -2.04. The van der Waals surface area contributed by atoms with Crippen molar-refractivity contribution in [1.29, 1.82) is 0 Å². The minimum absolute atomic E-state index is 0.280. The average molecular weight is 297 g/mol. The Bertz CT molecular complexity index is 448. The lowest BCUT2D eigenvalue weighted by atomic mass is 10.1. The number of hydrogen-bond donors (Lipinski definition) is 2. The van der Waals surface area contributed by atoms with Gasteiger partial charge in [0.1, 0.15) is 0 Å². The molecule has 1 aromatic carbocycles. The maximum absolute atomic E-state index is 12.6. The van der Waals surface area contributed by atoms with E-state index in [9.17, 15) is 9.46 Å². The van der Waals surface area contributed by atoms with Crippen LogP contribution in [0, 0.1) is 0 Å². The Hall–Kier alpha value is -1.12. The molecule has 112 valence electrons. The number of oxime groups is 1. The smallest absolute Gasteiger partial charge is 0.208 e. The molecule has 2 unspecified atom stereocenters. The SMILES string of the molecule is CCCCCCP(=O)(O)C(CC=NO)c1ccccc1. The molecule has 0 heterocycles. The normalized spacial score (nSPS) is 16.1. The van der Waals surface area contributed by atoms with Crippen molar-refractivity contribution < 1.29 is 14.7 Å². The summed E-state index contributed by atoms with van der Waals surface area (Å²) in [5.74, 6) is 0. The van der Waals surface area contributed by atoms with Crippen LogP contribution in [0.3, 0.4) is 0 Å². The molecule has 0 aliphatic carbocycles. The molecule has 0 aliphatic heterocycles. The Kier molecular flexibility index (Phi) is 7.56. The molecule has 4 nitrogen and oxygen atoms in total. The van der Waals surface area contributed by atoms with Gasteiger partial charge in [-0.25, -0.2) is 0 Å². The van der Waals surface area contributed by atoms with E-state index < -0.39 is 13.0 Å². The quantitative estimate of drug-likeness (QED) is 0.233. The molecular formula is C15H24NO3P. The van der Waals surface area contributed by atoms with Gasteiger partial charge in [0.05, 0.1) is 5.66 Å². The number of hydrogen-bond acceptors (Lipinski definition) is 3. The van der Waals surface area contributed by atoms with E-state index in [1.807, 2.05) is 30.3 Å². The Labute approximate surface area is 121 Å². The fraction of sp³-hybridized carbons (Fsp3) is 0.533. The first kappa shape index (κ1) is 16.9. The number of rotatable bonds is 9. The Morgan fingerprint density at radius 2 is 1.95 bits per heavy atom. The highest BCUT2D eigenvalue weighted by atomic mass is 31.2. The molecule has 0 aliphatic rings. The van der Waals surface area contributed by atoms with Crippen LogP contribution in [0.4, 0.5) is 0 Å². The van der Waals surface area contributed by atoms with E-state index >= 15 is 0 Å². The van der Waals surface area contributed by atoms with Gasteiger partial charge in [-0.1, -0.05) is 56.5 Å². The fourth-order valence-corrected chi connectivity index (χ4v) is 4.33. The Morgan fingerprint density at radius 1 is 1.25 bits per heavy atom. The van der Waals surface area contributed by atoms with Gasteiger partial charge in [-0.3, -0.25) is 4.57 Å². The predicted octanol–water partition coefficient (Wildman–Crippen LogP) is 4.43. The maximum atomic E-state index is 12.6. The first-order valence-corrected chi connectivity index (χ1v) is 9.05. The van der Waals surface area contributed by atoms with E-state index in [4.69, 9.17) is 5.21 Å². The Morgan fingerprint density at radius 3 is 2.55 bits per heavy atom. The van der Waals surface area contributed by atoms with Gasteiger partial charge >= 0.3 is 0 Å². The zero-order chi connectivity index (χ0) is 14.8. The summed E-state index contributed by atoms with van der Waals surface area (Å²) in [5.41, 5.74) is 0.343. The van der Waals surface area contributed by atoms with Gasteiger partial charge in [0, 0.05) is 18.8 Å². The summed E-state index contributed by atoms with van der Waals surface area (Å²) < 4.78 is 12.6. The van der Waals surface area contributed by atoms with Crippen molar-refractivity contribution in [2.45, 2.75) is 44.7 Å². The molecule has 0 bridgehead atoms. The van der Waals surface area contributed by atoms with E-state index in [1.54, 1.807) is 0 Å². The highest BCUT2D eigenvalue weighted by molar-refractivity contribution is 7.58. The zero-order valence-corrected chi connectivity index (χ0v) is 12.9. The van der Waals surface area contributed by atoms with Gasteiger partial charge in [0.2, 0.25) is 7.37 Å². The second-order valence-corrected chi connectivity index (χ2v) is 7.58. The van der Waals surface area contributed by atoms with Crippen molar-refractivity contribution in [3.05, 3.63) is 35.9 Å². The number of nitrogens with zero attached hydrogens (tertiary/aromatic N) is 1. The van der Waals surface area contributed by atoms with Gasteiger partial charge in [-0.15, -0.1) is 5.16 Å². The van der Waals surface area contributed by atoms with Gasteiger partial charge in [0.25, 0.3) is 0 Å². The minimum atomic E-state index is -3.30. The second kappa shape index (κ2) is 8.93. The van der Waals surface area contributed by atoms with E-state index in [-0.39, 0.29) is 6.42 Å². The van der Waals surface area contributed by atoms with Crippen LogP contribution in [0.25, 0.3) is 0 Å². The first-order chi connectivity index (χ1) is 9.61. The van der Waals surface area contributed by atoms with Crippen molar-refractivity contribution in [3.63, 3.8) is 0 Å².